The fourth-order valence-corrected chi connectivity index (χ4v) is 2.99. The van der Waals surface area contributed by atoms with Crippen LogP contribution in [0.1, 0.15) is 12.8 Å². The second kappa shape index (κ2) is 5.75. The number of pyridine rings is 1. The third kappa shape index (κ3) is 2.98. The SMILES string of the molecule is Nc1ccc(N2CCC(N3CCOCC3)CC2)nc1. The highest BCUT2D eigenvalue weighted by molar-refractivity contribution is 5.46. The molecule has 104 valence electrons. The number of anilines is 2. The molecule has 0 amide bonds. The number of nitrogen functional groups attached to an aromatic ring is 1. The molecule has 0 atom stereocenters. The summed E-state index contributed by atoms with van der Waals surface area (Å²) in [5.41, 5.74) is 6.40. The molecule has 0 saturated carbocycles. The van der Waals surface area contributed by atoms with Crippen molar-refractivity contribution in [3.8, 4) is 0 Å². The molecule has 1 aromatic heterocycles. The number of rotatable bonds is 2. The summed E-state index contributed by atoms with van der Waals surface area (Å²) in [7, 11) is 0. The molecule has 0 bridgehead atoms. The summed E-state index contributed by atoms with van der Waals surface area (Å²) in [6, 6.07) is 4.66. The monoisotopic (exact) mass is 262 g/mol. The Hall–Kier alpha value is -1.33. The molecule has 0 aromatic carbocycles. The molecular formula is C14H22N4O. The van der Waals surface area contributed by atoms with Crippen molar-refractivity contribution in [2.24, 2.45) is 0 Å². The molecule has 2 saturated heterocycles. The highest BCUT2D eigenvalue weighted by Gasteiger charge is 2.26. The lowest BCUT2D eigenvalue weighted by molar-refractivity contribution is 0.0115. The largest absolute Gasteiger partial charge is 0.397 e. The number of aromatic nitrogens is 1. The van der Waals surface area contributed by atoms with Crippen molar-refractivity contribution in [3.05, 3.63) is 18.3 Å². The number of morpholine rings is 1. The highest BCUT2D eigenvalue weighted by Crippen LogP contribution is 2.22. The summed E-state index contributed by atoms with van der Waals surface area (Å²) in [5.74, 6) is 1.05. The van der Waals surface area contributed by atoms with Gasteiger partial charge in [0, 0.05) is 32.2 Å². The maximum atomic E-state index is 5.68. The number of hydrogen-bond donors (Lipinski definition) is 1. The molecular weight excluding hydrogens is 240 g/mol. The summed E-state index contributed by atoms with van der Waals surface area (Å²) >= 11 is 0. The third-order valence-corrected chi connectivity index (χ3v) is 4.12. The van der Waals surface area contributed by atoms with Gasteiger partial charge in [0.05, 0.1) is 25.1 Å². The molecule has 1 aromatic rings. The van der Waals surface area contributed by atoms with Gasteiger partial charge in [-0.25, -0.2) is 4.98 Å². The van der Waals surface area contributed by atoms with E-state index in [1.54, 1.807) is 6.20 Å². The zero-order chi connectivity index (χ0) is 13.1. The fraction of sp³-hybridized carbons (Fsp3) is 0.643. The second-order valence-corrected chi connectivity index (χ2v) is 5.32. The summed E-state index contributed by atoms with van der Waals surface area (Å²) in [6.07, 6.45) is 4.17. The van der Waals surface area contributed by atoms with Crippen molar-refractivity contribution in [1.82, 2.24) is 9.88 Å². The molecule has 0 aliphatic carbocycles. The molecule has 0 unspecified atom stereocenters. The zero-order valence-corrected chi connectivity index (χ0v) is 11.3. The minimum atomic E-state index is 0.717. The van der Waals surface area contributed by atoms with E-state index in [9.17, 15) is 0 Å². The van der Waals surface area contributed by atoms with Crippen LogP contribution in [0, 0.1) is 0 Å². The molecule has 19 heavy (non-hydrogen) atoms. The van der Waals surface area contributed by atoms with E-state index in [0.29, 0.717) is 6.04 Å². The highest BCUT2D eigenvalue weighted by atomic mass is 16.5. The molecule has 2 aliphatic heterocycles. The van der Waals surface area contributed by atoms with Crippen LogP contribution < -0.4 is 10.6 Å². The van der Waals surface area contributed by atoms with E-state index in [-0.39, 0.29) is 0 Å². The van der Waals surface area contributed by atoms with Crippen LogP contribution in [-0.2, 0) is 4.74 Å². The number of nitrogens with two attached hydrogens (primary N) is 1. The molecule has 5 nitrogen and oxygen atoms in total. The Morgan fingerprint density at radius 3 is 2.47 bits per heavy atom. The zero-order valence-electron chi connectivity index (χ0n) is 11.3. The molecule has 5 heteroatoms. The van der Waals surface area contributed by atoms with Crippen molar-refractivity contribution in [2.75, 3.05) is 50.0 Å². The maximum absolute atomic E-state index is 5.68. The van der Waals surface area contributed by atoms with Gasteiger partial charge >= 0.3 is 0 Å². The van der Waals surface area contributed by atoms with E-state index in [1.807, 2.05) is 12.1 Å². The molecule has 3 heterocycles. The van der Waals surface area contributed by atoms with Crippen LogP contribution in [0.3, 0.4) is 0 Å². The number of ether oxygens (including phenoxy) is 1. The number of piperidine rings is 1. The lowest BCUT2D eigenvalue weighted by Crippen LogP contribution is -2.49. The first-order valence-electron chi connectivity index (χ1n) is 7.11. The van der Waals surface area contributed by atoms with Crippen LogP contribution in [0.5, 0.6) is 0 Å². The van der Waals surface area contributed by atoms with Gasteiger partial charge in [-0.05, 0) is 25.0 Å². The Labute approximate surface area is 114 Å². The smallest absolute Gasteiger partial charge is 0.128 e. The Morgan fingerprint density at radius 2 is 1.84 bits per heavy atom. The van der Waals surface area contributed by atoms with E-state index >= 15 is 0 Å². The van der Waals surface area contributed by atoms with Crippen LogP contribution in [0.15, 0.2) is 18.3 Å². The molecule has 0 radical (unpaired) electrons. The van der Waals surface area contributed by atoms with E-state index in [4.69, 9.17) is 10.5 Å². The topological polar surface area (TPSA) is 54.6 Å². The normalized spacial score (nSPS) is 22.6. The Bertz CT molecular complexity index is 394. The van der Waals surface area contributed by atoms with Gasteiger partial charge in [-0.15, -0.1) is 0 Å². The second-order valence-electron chi connectivity index (χ2n) is 5.32. The molecule has 2 N–H and O–H groups in total. The van der Waals surface area contributed by atoms with Crippen molar-refractivity contribution in [3.63, 3.8) is 0 Å². The first kappa shape index (κ1) is 12.7. The maximum Gasteiger partial charge on any atom is 0.128 e. The predicted molar refractivity (Wildman–Crippen MR) is 76.3 cm³/mol. The van der Waals surface area contributed by atoms with E-state index < -0.39 is 0 Å². The van der Waals surface area contributed by atoms with Crippen molar-refractivity contribution >= 4 is 11.5 Å². The van der Waals surface area contributed by atoms with Crippen LogP contribution in [0.4, 0.5) is 11.5 Å². The van der Waals surface area contributed by atoms with Crippen LogP contribution >= 0.6 is 0 Å². The van der Waals surface area contributed by atoms with Gasteiger partial charge in [-0.1, -0.05) is 0 Å². The molecule has 3 rings (SSSR count). The minimum absolute atomic E-state index is 0.717. The third-order valence-electron chi connectivity index (χ3n) is 4.12. The molecule has 2 fully saturated rings. The van der Waals surface area contributed by atoms with Crippen LogP contribution in [-0.4, -0.2) is 55.3 Å². The van der Waals surface area contributed by atoms with Gasteiger partial charge in [-0.2, -0.15) is 0 Å². The number of nitrogens with zero attached hydrogens (tertiary/aromatic N) is 3. The lowest BCUT2D eigenvalue weighted by atomic mass is 10.0. The minimum Gasteiger partial charge on any atom is -0.397 e. The van der Waals surface area contributed by atoms with Gasteiger partial charge in [0.25, 0.3) is 0 Å². The van der Waals surface area contributed by atoms with Gasteiger partial charge < -0.3 is 15.4 Å². The Morgan fingerprint density at radius 1 is 1.11 bits per heavy atom. The Balaban J connectivity index is 1.55. The standard InChI is InChI=1S/C14H22N4O/c15-12-1-2-14(16-11-12)18-5-3-13(4-6-18)17-7-9-19-10-8-17/h1-2,11,13H,3-10,15H2. The first-order chi connectivity index (χ1) is 9.33. The summed E-state index contributed by atoms with van der Waals surface area (Å²) in [5, 5.41) is 0. The predicted octanol–water partition coefficient (Wildman–Crippen LogP) is 0.965. The van der Waals surface area contributed by atoms with Crippen molar-refractivity contribution in [2.45, 2.75) is 18.9 Å². The van der Waals surface area contributed by atoms with Crippen LogP contribution in [0.2, 0.25) is 0 Å². The van der Waals surface area contributed by atoms with E-state index in [0.717, 1.165) is 50.9 Å². The van der Waals surface area contributed by atoms with Gasteiger partial charge in [0.2, 0.25) is 0 Å². The average Bonchev–Trinajstić information content (AvgIpc) is 2.49. The molecule has 2 aliphatic rings. The number of hydrogen-bond acceptors (Lipinski definition) is 5. The van der Waals surface area contributed by atoms with Crippen LogP contribution in [0.25, 0.3) is 0 Å². The van der Waals surface area contributed by atoms with Crippen molar-refractivity contribution in [1.29, 1.82) is 0 Å². The average molecular weight is 262 g/mol. The lowest BCUT2D eigenvalue weighted by Gasteiger charge is -2.40. The first-order valence-corrected chi connectivity index (χ1v) is 7.11. The summed E-state index contributed by atoms with van der Waals surface area (Å²) < 4.78 is 5.42. The Kier molecular flexibility index (Phi) is 3.84. The quantitative estimate of drug-likeness (QED) is 0.860. The van der Waals surface area contributed by atoms with E-state index in [2.05, 4.69) is 14.8 Å². The fourth-order valence-electron chi connectivity index (χ4n) is 2.99. The summed E-state index contributed by atoms with van der Waals surface area (Å²) in [6.45, 7) is 6.12. The van der Waals surface area contributed by atoms with Gasteiger partial charge in [0.1, 0.15) is 5.82 Å². The van der Waals surface area contributed by atoms with Gasteiger partial charge in [0.15, 0.2) is 0 Å². The summed E-state index contributed by atoms with van der Waals surface area (Å²) in [4.78, 5) is 9.34. The van der Waals surface area contributed by atoms with Crippen molar-refractivity contribution < 1.29 is 4.74 Å². The van der Waals surface area contributed by atoms with Gasteiger partial charge in [-0.3, -0.25) is 4.90 Å². The van der Waals surface area contributed by atoms with E-state index in [1.165, 1.54) is 12.8 Å². The molecule has 0 spiro atoms.